The molecule has 4 rings (SSSR count). The Morgan fingerprint density at radius 1 is 1.10 bits per heavy atom. The zero-order valence-corrected chi connectivity index (χ0v) is 17.7. The first-order chi connectivity index (χ1) is 14.4. The molecule has 3 aromatic rings. The fraction of sp³-hybridized carbons (Fsp3) is 0.0476. The lowest BCUT2D eigenvalue weighted by Crippen LogP contribution is -2.27. The summed E-state index contributed by atoms with van der Waals surface area (Å²) in [6, 6.07) is 17.1. The van der Waals surface area contributed by atoms with E-state index in [1.807, 2.05) is 24.3 Å². The summed E-state index contributed by atoms with van der Waals surface area (Å²) < 4.78 is 6.70. The van der Waals surface area contributed by atoms with E-state index in [1.54, 1.807) is 18.2 Å². The van der Waals surface area contributed by atoms with Gasteiger partial charge in [-0.15, -0.1) is 0 Å². The number of carbonyl (C=O) groups excluding carboxylic acids is 2. The van der Waals surface area contributed by atoms with E-state index in [2.05, 4.69) is 15.9 Å². The molecule has 9 heteroatoms. The lowest BCUT2D eigenvalue weighted by atomic mass is 10.1. The predicted octanol–water partition coefficient (Wildman–Crippen LogP) is 5.85. The standard InChI is InChI=1S/C21H13BrN2O5S/c22-15-6-3-5-13(10-15)18-9-8-16(29-18)11-19-20(25)23(21(26)30-19)12-14-4-1-2-7-17(14)24(27)28/h1-11H,12H2/b19-11-. The number of para-hydroxylation sites is 1. The van der Waals surface area contributed by atoms with Crippen molar-refractivity contribution in [2.45, 2.75) is 6.54 Å². The van der Waals surface area contributed by atoms with Crippen LogP contribution >= 0.6 is 27.7 Å². The zero-order chi connectivity index (χ0) is 21.3. The molecule has 0 spiro atoms. The first-order valence-corrected chi connectivity index (χ1v) is 10.4. The van der Waals surface area contributed by atoms with Gasteiger partial charge in [-0.25, -0.2) is 0 Å². The normalized spacial score (nSPS) is 15.2. The maximum Gasteiger partial charge on any atom is 0.293 e. The van der Waals surface area contributed by atoms with Crippen LogP contribution in [0.2, 0.25) is 0 Å². The van der Waals surface area contributed by atoms with Gasteiger partial charge >= 0.3 is 0 Å². The number of hydrogen-bond donors (Lipinski definition) is 0. The van der Waals surface area contributed by atoms with Crippen molar-refractivity contribution in [1.82, 2.24) is 4.90 Å². The van der Waals surface area contributed by atoms with E-state index < -0.39 is 16.1 Å². The molecule has 2 heterocycles. The zero-order valence-electron chi connectivity index (χ0n) is 15.3. The Morgan fingerprint density at radius 3 is 2.67 bits per heavy atom. The lowest BCUT2D eigenvalue weighted by Gasteiger charge is -2.12. The Hall–Kier alpha value is -3.17. The fourth-order valence-electron chi connectivity index (χ4n) is 2.99. The number of imide groups is 1. The number of nitro groups is 1. The quantitative estimate of drug-likeness (QED) is 0.256. The third-order valence-electron chi connectivity index (χ3n) is 4.40. The average molecular weight is 485 g/mol. The smallest absolute Gasteiger partial charge is 0.293 e. The molecule has 0 atom stereocenters. The van der Waals surface area contributed by atoms with Crippen molar-refractivity contribution in [2.24, 2.45) is 0 Å². The first kappa shape index (κ1) is 20.1. The lowest BCUT2D eigenvalue weighted by molar-refractivity contribution is -0.385. The van der Waals surface area contributed by atoms with Gasteiger partial charge in [0.15, 0.2) is 0 Å². The van der Waals surface area contributed by atoms with Crippen LogP contribution in [0.3, 0.4) is 0 Å². The number of hydrogen-bond acceptors (Lipinski definition) is 6. The second-order valence-corrected chi connectivity index (χ2v) is 8.27. The van der Waals surface area contributed by atoms with E-state index in [9.17, 15) is 19.7 Å². The number of rotatable bonds is 5. The number of nitro benzene ring substituents is 1. The van der Waals surface area contributed by atoms with Gasteiger partial charge in [-0.3, -0.25) is 24.6 Å². The molecule has 1 aliphatic rings. The van der Waals surface area contributed by atoms with E-state index in [0.717, 1.165) is 26.7 Å². The van der Waals surface area contributed by atoms with Crippen LogP contribution in [0.5, 0.6) is 0 Å². The number of halogens is 1. The molecule has 2 aromatic carbocycles. The second-order valence-electron chi connectivity index (χ2n) is 6.37. The van der Waals surface area contributed by atoms with Crippen molar-refractivity contribution in [3.05, 3.63) is 91.5 Å². The van der Waals surface area contributed by atoms with E-state index in [-0.39, 0.29) is 17.1 Å². The molecule has 7 nitrogen and oxygen atoms in total. The van der Waals surface area contributed by atoms with Gasteiger partial charge in [-0.2, -0.15) is 0 Å². The molecular formula is C21H13BrN2O5S. The molecule has 1 saturated heterocycles. The summed E-state index contributed by atoms with van der Waals surface area (Å²) in [5.74, 6) is 0.548. The molecule has 150 valence electrons. The Balaban J connectivity index is 1.56. The van der Waals surface area contributed by atoms with E-state index >= 15 is 0 Å². The van der Waals surface area contributed by atoms with Crippen LogP contribution in [-0.4, -0.2) is 21.0 Å². The molecule has 0 bridgehead atoms. The minimum atomic E-state index is -0.531. The van der Waals surface area contributed by atoms with Crippen molar-refractivity contribution in [3.8, 4) is 11.3 Å². The summed E-state index contributed by atoms with van der Waals surface area (Å²) in [5, 5.41) is 10.7. The van der Waals surface area contributed by atoms with Gasteiger partial charge in [0.05, 0.1) is 16.4 Å². The highest BCUT2D eigenvalue weighted by Crippen LogP contribution is 2.35. The molecular weight excluding hydrogens is 472 g/mol. The minimum Gasteiger partial charge on any atom is -0.457 e. The number of carbonyl (C=O) groups is 2. The van der Waals surface area contributed by atoms with Gasteiger partial charge < -0.3 is 4.42 Å². The second kappa shape index (κ2) is 8.29. The number of amides is 2. The van der Waals surface area contributed by atoms with E-state index in [0.29, 0.717) is 17.1 Å². The summed E-state index contributed by atoms with van der Waals surface area (Å²) in [6.45, 7) is -0.166. The highest BCUT2D eigenvalue weighted by Gasteiger charge is 2.36. The summed E-state index contributed by atoms with van der Waals surface area (Å²) >= 11 is 4.19. The topological polar surface area (TPSA) is 93.7 Å². The van der Waals surface area contributed by atoms with Gasteiger partial charge in [0.1, 0.15) is 11.5 Å². The molecule has 0 unspecified atom stereocenters. The molecule has 2 amide bonds. The summed E-state index contributed by atoms with van der Waals surface area (Å²) in [6.07, 6.45) is 1.51. The van der Waals surface area contributed by atoms with E-state index in [1.165, 1.54) is 24.3 Å². The highest BCUT2D eigenvalue weighted by atomic mass is 79.9. The Labute approximate surface area is 183 Å². The van der Waals surface area contributed by atoms with Crippen LogP contribution in [-0.2, 0) is 11.3 Å². The highest BCUT2D eigenvalue weighted by molar-refractivity contribution is 9.10. The van der Waals surface area contributed by atoms with Crippen LogP contribution in [0.4, 0.5) is 10.5 Å². The molecule has 1 fully saturated rings. The molecule has 0 N–H and O–H groups in total. The Bertz CT molecular complexity index is 1200. The Kier molecular flexibility index (Phi) is 5.56. The molecule has 0 saturated carbocycles. The van der Waals surface area contributed by atoms with Crippen LogP contribution in [0.1, 0.15) is 11.3 Å². The maximum atomic E-state index is 12.7. The van der Waals surface area contributed by atoms with Gasteiger partial charge in [0.2, 0.25) is 0 Å². The summed E-state index contributed by atoms with van der Waals surface area (Å²) in [4.78, 5) is 36.9. The Morgan fingerprint density at radius 2 is 1.90 bits per heavy atom. The fourth-order valence-corrected chi connectivity index (χ4v) is 4.20. The van der Waals surface area contributed by atoms with Crippen LogP contribution in [0.25, 0.3) is 17.4 Å². The third-order valence-corrected chi connectivity index (χ3v) is 5.80. The van der Waals surface area contributed by atoms with Gasteiger partial charge in [0, 0.05) is 27.7 Å². The number of furan rings is 1. The van der Waals surface area contributed by atoms with Crippen LogP contribution in [0.15, 0.2) is 74.5 Å². The number of benzene rings is 2. The third kappa shape index (κ3) is 4.07. The van der Waals surface area contributed by atoms with E-state index in [4.69, 9.17) is 4.42 Å². The summed E-state index contributed by atoms with van der Waals surface area (Å²) in [7, 11) is 0. The molecule has 0 aliphatic carbocycles. The first-order valence-electron chi connectivity index (χ1n) is 8.76. The van der Waals surface area contributed by atoms with Crippen LogP contribution < -0.4 is 0 Å². The molecule has 1 aromatic heterocycles. The molecule has 30 heavy (non-hydrogen) atoms. The van der Waals surface area contributed by atoms with Crippen molar-refractivity contribution >= 4 is 50.6 Å². The van der Waals surface area contributed by atoms with Gasteiger partial charge in [0.25, 0.3) is 16.8 Å². The largest absolute Gasteiger partial charge is 0.457 e. The van der Waals surface area contributed by atoms with Crippen LogP contribution in [0, 0.1) is 10.1 Å². The van der Waals surface area contributed by atoms with Crippen molar-refractivity contribution in [3.63, 3.8) is 0 Å². The SMILES string of the molecule is O=C1S/C(=C\c2ccc(-c3cccc(Br)c3)o2)C(=O)N1Cc1ccccc1[N+](=O)[O-]. The molecule has 0 radical (unpaired) electrons. The summed E-state index contributed by atoms with van der Waals surface area (Å²) in [5.41, 5.74) is 1.03. The molecule has 1 aliphatic heterocycles. The van der Waals surface area contributed by atoms with Crippen molar-refractivity contribution < 1.29 is 18.9 Å². The van der Waals surface area contributed by atoms with Crippen molar-refractivity contribution in [1.29, 1.82) is 0 Å². The minimum absolute atomic E-state index is 0.134. The maximum absolute atomic E-state index is 12.7. The van der Waals surface area contributed by atoms with Crippen molar-refractivity contribution in [2.75, 3.05) is 0 Å². The van der Waals surface area contributed by atoms with Gasteiger partial charge in [-0.1, -0.05) is 46.3 Å². The number of thioether (sulfide) groups is 1. The monoisotopic (exact) mass is 484 g/mol. The predicted molar refractivity (Wildman–Crippen MR) is 116 cm³/mol. The van der Waals surface area contributed by atoms with Gasteiger partial charge in [-0.05, 0) is 36.0 Å². The number of nitrogens with zero attached hydrogens (tertiary/aromatic N) is 2. The average Bonchev–Trinajstić information content (AvgIpc) is 3.29.